The molecule has 238 valence electrons. The van der Waals surface area contributed by atoms with Crippen molar-refractivity contribution in [3.05, 3.63) is 65.5 Å². The van der Waals surface area contributed by atoms with Crippen LogP contribution in [0, 0.1) is 5.82 Å². The lowest BCUT2D eigenvalue weighted by atomic mass is 9.75. The summed E-state index contributed by atoms with van der Waals surface area (Å²) in [6.45, 7) is 4.08. The lowest BCUT2D eigenvalue weighted by Crippen LogP contribution is -2.32. The molecule has 1 aliphatic rings. The summed E-state index contributed by atoms with van der Waals surface area (Å²) >= 11 is 0. The Labute approximate surface area is 259 Å². The molecule has 0 bridgehead atoms. The van der Waals surface area contributed by atoms with Gasteiger partial charge < -0.3 is 29.7 Å². The van der Waals surface area contributed by atoms with Gasteiger partial charge in [0.25, 0.3) is 0 Å². The molecule has 0 radical (unpaired) electrons. The molecule has 2 atom stereocenters. The van der Waals surface area contributed by atoms with E-state index in [4.69, 9.17) is 29.3 Å². The molecule has 3 aromatic heterocycles. The maximum atomic E-state index is 14.7. The Kier molecular flexibility index (Phi) is 8.00. The molecule has 6 rings (SSSR count). The first-order chi connectivity index (χ1) is 21.5. The third-order valence-electron chi connectivity index (χ3n) is 8.29. The zero-order valence-corrected chi connectivity index (χ0v) is 26.0. The number of benzene rings is 2. The molecule has 3 N–H and O–H groups in total. The van der Waals surface area contributed by atoms with Gasteiger partial charge >= 0.3 is 0 Å². The number of nitrogens with zero attached hydrogens (tertiary/aromatic N) is 6. The number of aliphatic hydroxyl groups is 2. The van der Waals surface area contributed by atoms with Crippen molar-refractivity contribution in [2.75, 3.05) is 26.6 Å². The van der Waals surface area contributed by atoms with Gasteiger partial charge in [-0.05, 0) is 57.7 Å². The van der Waals surface area contributed by atoms with Crippen LogP contribution in [0.5, 0.6) is 17.2 Å². The highest BCUT2D eigenvalue weighted by Gasteiger charge is 2.39. The molecule has 1 fully saturated rings. The monoisotopic (exact) mass is 619 g/mol. The molecule has 0 amide bonds. The largest absolute Gasteiger partial charge is 0.497 e. The van der Waals surface area contributed by atoms with Gasteiger partial charge in [0.05, 0.1) is 50.7 Å². The molecule has 5 aromatic rings. The van der Waals surface area contributed by atoms with Crippen LogP contribution in [0.1, 0.15) is 62.4 Å². The van der Waals surface area contributed by atoms with E-state index in [2.05, 4.69) is 10.4 Å². The Morgan fingerprint density at radius 2 is 1.89 bits per heavy atom. The third-order valence-corrected chi connectivity index (χ3v) is 8.29. The van der Waals surface area contributed by atoms with E-state index in [1.165, 1.54) is 19.2 Å². The molecule has 45 heavy (non-hydrogen) atoms. The second-order valence-corrected chi connectivity index (χ2v) is 12.2. The number of hydrogen-bond donors (Lipinski definition) is 3. The van der Waals surface area contributed by atoms with E-state index in [-0.39, 0.29) is 11.7 Å². The standard InChI is InChI=1S/C32H38FN7O5/c1-31(2,41)18-39-17-21(16-35-39)32(42)10-6-7-19(14-32)28-37-29-24-11-22(33)12-26(45-5)27(24)36-30(40(29)38-28)34-15-20-8-9-23(43-3)13-25(20)44-4/h8-9,11-13,16-17,19,41-42H,6-7,10,14-15,18H2,1-5H3,(H,34,36). The van der Waals surface area contributed by atoms with Gasteiger partial charge in [-0.2, -0.15) is 9.61 Å². The van der Waals surface area contributed by atoms with Crippen molar-refractivity contribution in [1.29, 1.82) is 0 Å². The lowest BCUT2D eigenvalue weighted by molar-refractivity contribution is -0.00967. The second kappa shape index (κ2) is 11.8. The number of rotatable bonds is 10. The van der Waals surface area contributed by atoms with E-state index in [0.29, 0.717) is 71.3 Å². The van der Waals surface area contributed by atoms with Crippen LogP contribution in [0.3, 0.4) is 0 Å². The van der Waals surface area contributed by atoms with Crippen LogP contribution >= 0.6 is 0 Å². The Balaban J connectivity index is 1.38. The zero-order chi connectivity index (χ0) is 31.9. The molecule has 0 spiro atoms. The highest BCUT2D eigenvalue weighted by atomic mass is 19.1. The van der Waals surface area contributed by atoms with Crippen molar-refractivity contribution >= 4 is 22.5 Å². The van der Waals surface area contributed by atoms with Crippen molar-refractivity contribution in [3.63, 3.8) is 0 Å². The van der Waals surface area contributed by atoms with Gasteiger partial charge in [-0.3, -0.25) is 4.68 Å². The molecular weight excluding hydrogens is 581 g/mol. The molecule has 12 nitrogen and oxygen atoms in total. The first-order valence-corrected chi connectivity index (χ1v) is 14.9. The summed E-state index contributed by atoms with van der Waals surface area (Å²) in [5.41, 5.74) is 0.333. The summed E-state index contributed by atoms with van der Waals surface area (Å²) in [4.78, 5) is 9.71. The highest BCUT2D eigenvalue weighted by molar-refractivity contribution is 5.96. The Hall–Kier alpha value is -4.49. The smallest absolute Gasteiger partial charge is 0.226 e. The van der Waals surface area contributed by atoms with Crippen molar-refractivity contribution in [2.24, 2.45) is 0 Å². The predicted molar refractivity (Wildman–Crippen MR) is 165 cm³/mol. The van der Waals surface area contributed by atoms with Gasteiger partial charge in [-0.1, -0.05) is 0 Å². The summed E-state index contributed by atoms with van der Waals surface area (Å²) in [5, 5.41) is 35.1. The maximum absolute atomic E-state index is 14.7. The first kappa shape index (κ1) is 30.5. The second-order valence-electron chi connectivity index (χ2n) is 12.2. The molecule has 3 heterocycles. The van der Waals surface area contributed by atoms with Crippen molar-refractivity contribution < 1.29 is 28.8 Å². The SMILES string of the molecule is COc1ccc(CNc2nc3c(OC)cc(F)cc3c3nc(C4CCCC(O)(c5cnn(CC(C)(C)O)c5)C4)nn23)c(OC)c1. The van der Waals surface area contributed by atoms with Crippen LogP contribution in [0.15, 0.2) is 42.7 Å². The van der Waals surface area contributed by atoms with E-state index in [0.717, 1.165) is 18.4 Å². The number of hydrogen-bond acceptors (Lipinski definition) is 10. The summed E-state index contributed by atoms with van der Waals surface area (Å²) in [6, 6.07) is 8.22. The Morgan fingerprint density at radius 3 is 2.62 bits per heavy atom. The predicted octanol–water partition coefficient (Wildman–Crippen LogP) is 4.57. The molecule has 2 unspecified atom stereocenters. The molecule has 0 aliphatic heterocycles. The fourth-order valence-corrected chi connectivity index (χ4v) is 6.10. The third kappa shape index (κ3) is 6.09. The maximum Gasteiger partial charge on any atom is 0.226 e. The van der Waals surface area contributed by atoms with Gasteiger partial charge in [0.1, 0.15) is 28.6 Å². The summed E-state index contributed by atoms with van der Waals surface area (Å²) in [7, 11) is 4.66. The summed E-state index contributed by atoms with van der Waals surface area (Å²) < 4.78 is 34.3. The van der Waals surface area contributed by atoms with Crippen molar-refractivity contribution in [2.45, 2.75) is 69.7 Å². The molecule has 2 aromatic carbocycles. The van der Waals surface area contributed by atoms with Gasteiger partial charge in [0.15, 0.2) is 11.5 Å². The average molecular weight is 620 g/mol. The van der Waals surface area contributed by atoms with Crippen molar-refractivity contribution in [3.8, 4) is 17.2 Å². The van der Waals surface area contributed by atoms with E-state index in [9.17, 15) is 14.6 Å². The van der Waals surface area contributed by atoms with E-state index < -0.39 is 17.0 Å². The van der Waals surface area contributed by atoms with Crippen LogP contribution in [0.25, 0.3) is 16.6 Å². The van der Waals surface area contributed by atoms with E-state index in [1.807, 2.05) is 12.1 Å². The minimum absolute atomic E-state index is 0.179. The van der Waals surface area contributed by atoms with Crippen LogP contribution in [0.4, 0.5) is 10.3 Å². The van der Waals surface area contributed by atoms with Gasteiger partial charge in [0.2, 0.25) is 5.95 Å². The molecule has 1 saturated carbocycles. The number of nitrogens with one attached hydrogen (secondary N) is 1. The molecular formula is C32H38FN7O5. The summed E-state index contributed by atoms with van der Waals surface area (Å²) in [5.74, 6) is 1.85. The van der Waals surface area contributed by atoms with Gasteiger partial charge in [-0.25, -0.2) is 14.4 Å². The molecule has 1 aliphatic carbocycles. The minimum Gasteiger partial charge on any atom is -0.497 e. The highest BCUT2D eigenvalue weighted by Crippen LogP contribution is 2.44. The fourth-order valence-electron chi connectivity index (χ4n) is 6.10. The quantitative estimate of drug-likeness (QED) is 0.204. The van der Waals surface area contributed by atoms with Gasteiger partial charge in [0, 0.05) is 41.9 Å². The number of ether oxygens (including phenoxy) is 3. The van der Waals surface area contributed by atoms with Crippen LogP contribution in [0.2, 0.25) is 0 Å². The molecule has 13 heteroatoms. The average Bonchev–Trinajstić information content (AvgIpc) is 3.67. The number of aromatic nitrogens is 6. The van der Waals surface area contributed by atoms with Crippen molar-refractivity contribution in [1.82, 2.24) is 29.4 Å². The Morgan fingerprint density at radius 1 is 1.09 bits per heavy atom. The van der Waals surface area contributed by atoms with E-state index in [1.54, 1.807) is 55.7 Å². The number of fused-ring (bicyclic) bond motifs is 3. The van der Waals surface area contributed by atoms with Crippen LogP contribution in [-0.4, -0.2) is 66.5 Å². The normalized spacial score (nSPS) is 18.8. The number of anilines is 1. The lowest BCUT2D eigenvalue weighted by Gasteiger charge is -2.35. The number of halogens is 1. The van der Waals surface area contributed by atoms with Crippen LogP contribution < -0.4 is 19.5 Å². The molecule has 0 saturated heterocycles. The number of methoxy groups -OCH3 is 3. The first-order valence-electron chi connectivity index (χ1n) is 14.9. The minimum atomic E-state index is -1.14. The fraction of sp³-hybridized carbons (Fsp3) is 0.438. The summed E-state index contributed by atoms with van der Waals surface area (Å²) in [6.07, 6.45) is 5.91. The topological polar surface area (TPSA) is 141 Å². The van der Waals surface area contributed by atoms with Gasteiger partial charge in [-0.15, -0.1) is 5.10 Å². The zero-order valence-electron chi connectivity index (χ0n) is 26.0. The Bertz CT molecular complexity index is 1850. The van der Waals surface area contributed by atoms with E-state index >= 15 is 0 Å². The van der Waals surface area contributed by atoms with Crippen LogP contribution in [-0.2, 0) is 18.7 Å².